The molecule has 0 aliphatic carbocycles. The Morgan fingerprint density at radius 2 is 2.07 bits per heavy atom. The zero-order chi connectivity index (χ0) is 10.8. The Morgan fingerprint density at radius 3 is 2.67 bits per heavy atom. The summed E-state index contributed by atoms with van der Waals surface area (Å²) < 4.78 is 0.810. The zero-order valence-electron chi connectivity index (χ0n) is 7.84. The summed E-state index contributed by atoms with van der Waals surface area (Å²) in [4.78, 5) is 7.81. The Labute approximate surface area is 94.1 Å². The van der Waals surface area contributed by atoms with Gasteiger partial charge in [0.1, 0.15) is 15.9 Å². The average Bonchev–Trinajstić information content (AvgIpc) is 2.49. The van der Waals surface area contributed by atoms with Crippen molar-refractivity contribution >= 4 is 34.9 Å². The van der Waals surface area contributed by atoms with Crippen LogP contribution in [0, 0.1) is 6.92 Å². The Bertz CT molecular complexity index is 462. The van der Waals surface area contributed by atoms with E-state index in [0.717, 1.165) is 9.35 Å². The van der Waals surface area contributed by atoms with E-state index in [1.807, 2.05) is 6.92 Å². The van der Waals surface area contributed by atoms with Crippen LogP contribution >= 0.6 is 23.1 Å². The summed E-state index contributed by atoms with van der Waals surface area (Å²) in [5, 5.41) is 9.45. The van der Waals surface area contributed by atoms with E-state index in [2.05, 4.69) is 20.2 Å². The van der Waals surface area contributed by atoms with Gasteiger partial charge in [0.05, 0.1) is 0 Å². The predicted octanol–water partition coefficient (Wildman–Crippen LogP) is 0.952. The highest BCUT2D eigenvalue weighted by molar-refractivity contribution is 8.01. The molecule has 4 N–H and O–H groups in total. The van der Waals surface area contributed by atoms with Crippen molar-refractivity contribution in [1.29, 1.82) is 0 Å². The van der Waals surface area contributed by atoms with Gasteiger partial charge in [0.15, 0.2) is 4.34 Å². The minimum absolute atomic E-state index is 0.165. The summed E-state index contributed by atoms with van der Waals surface area (Å²) in [5.41, 5.74) is 11.0. The van der Waals surface area contributed by atoms with Gasteiger partial charge in [0.25, 0.3) is 0 Å². The second-order valence-electron chi connectivity index (χ2n) is 2.68. The molecule has 0 amide bonds. The topological polar surface area (TPSA) is 104 Å². The number of nitrogen functional groups attached to an aromatic ring is 2. The molecular weight excluding hydrogens is 232 g/mol. The minimum Gasteiger partial charge on any atom is -0.383 e. The Kier molecular flexibility index (Phi) is 2.69. The molecule has 6 nitrogen and oxygen atoms in total. The van der Waals surface area contributed by atoms with Crippen LogP contribution in [0.15, 0.2) is 15.4 Å². The Morgan fingerprint density at radius 1 is 1.27 bits per heavy atom. The van der Waals surface area contributed by atoms with Crippen LogP contribution in [0.2, 0.25) is 0 Å². The molecule has 0 saturated heterocycles. The summed E-state index contributed by atoms with van der Waals surface area (Å²) in [6.07, 6.45) is 0. The fourth-order valence-corrected chi connectivity index (χ4v) is 2.70. The molecule has 0 fully saturated rings. The molecule has 8 heteroatoms. The normalized spacial score (nSPS) is 10.5. The quantitative estimate of drug-likeness (QED) is 0.753. The molecule has 0 spiro atoms. The van der Waals surface area contributed by atoms with E-state index in [0.29, 0.717) is 10.8 Å². The highest BCUT2D eigenvalue weighted by atomic mass is 32.2. The van der Waals surface area contributed by atoms with Crippen LogP contribution in [0.3, 0.4) is 0 Å². The van der Waals surface area contributed by atoms with E-state index in [4.69, 9.17) is 11.5 Å². The highest BCUT2D eigenvalue weighted by Gasteiger charge is 2.06. The molecule has 2 aromatic heterocycles. The van der Waals surface area contributed by atoms with Crippen LogP contribution in [0.4, 0.5) is 11.8 Å². The lowest BCUT2D eigenvalue weighted by molar-refractivity contribution is 0.979. The molecular formula is C7H8N6S2. The van der Waals surface area contributed by atoms with Gasteiger partial charge in [-0.1, -0.05) is 11.3 Å². The molecule has 78 valence electrons. The zero-order valence-corrected chi connectivity index (χ0v) is 9.47. The molecule has 0 unspecified atom stereocenters. The molecule has 0 aliphatic heterocycles. The van der Waals surface area contributed by atoms with Gasteiger partial charge in [-0.3, -0.25) is 0 Å². The van der Waals surface area contributed by atoms with Crippen molar-refractivity contribution in [3.05, 3.63) is 11.1 Å². The third-order valence-electron chi connectivity index (χ3n) is 1.44. The lowest BCUT2D eigenvalue weighted by Crippen LogP contribution is -1.99. The lowest BCUT2D eigenvalue weighted by Gasteiger charge is -1.99. The largest absolute Gasteiger partial charge is 0.383 e. The van der Waals surface area contributed by atoms with Crippen LogP contribution in [0.25, 0.3) is 0 Å². The first-order valence-electron chi connectivity index (χ1n) is 4.01. The van der Waals surface area contributed by atoms with Crippen LogP contribution in [0.1, 0.15) is 5.01 Å². The fraction of sp³-hybridized carbons (Fsp3) is 0.143. The number of nitrogens with two attached hydrogens (primary N) is 2. The number of aromatic nitrogens is 4. The van der Waals surface area contributed by atoms with Crippen LogP contribution in [0.5, 0.6) is 0 Å². The summed E-state index contributed by atoms with van der Waals surface area (Å²) in [5.74, 6) is 0.518. The van der Waals surface area contributed by atoms with E-state index >= 15 is 0 Å². The van der Waals surface area contributed by atoms with Gasteiger partial charge in [0, 0.05) is 6.07 Å². The van der Waals surface area contributed by atoms with Gasteiger partial charge in [-0.2, -0.15) is 4.98 Å². The molecule has 2 rings (SSSR count). The van der Waals surface area contributed by atoms with E-state index in [9.17, 15) is 0 Å². The molecule has 2 heterocycles. The van der Waals surface area contributed by atoms with Gasteiger partial charge in [-0.25, -0.2) is 4.98 Å². The number of hydrogen-bond donors (Lipinski definition) is 2. The SMILES string of the molecule is Cc1nnc(Sc2cc(N)nc(N)n2)s1. The first-order valence-corrected chi connectivity index (χ1v) is 5.65. The summed E-state index contributed by atoms with van der Waals surface area (Å²) >= 11 is 2.86. The third-order valence-corrected chi connectivity index (χ3v) is 3.25. The van der Waals surface area contributed by atoms with Crippen LogP contribution in [-0.2, 0) is 0 Å². The minimum atomic E-state index is 0.165. The maximum Gasteiger partial charge on any atom is 0.223 e. The van der Waals surface area contributed by atoms with Crippen molar-refractivity contribution in [2.24, 2.45) is 0 Å². The highest BCUT2D eigenvalue weighted by Crippen LogP contribution is 2.29. The van der Waals surface area contributed by atoms with Crippen molar-refractivity contribution in [3.63, 3.8) is 0 Å². The van der Waals surface area contributed by atoms with E-state index in [1.54, 1.807) is 6.07 Å². The molecule has 0 radical (unpaired) electrons. The van der Waals surface area contributed by atoms with E-state index in [1.165, 1.54) is 23.1 Å². The first-order chi connectivity index (χ1) is 7.13. The van der Waals surface area contributed by atoms with Crippen molar-refractivity contribution in [1.82, 2.24) is 20.2 Å². The van der Waals surface area contributed by atoms with Crippen molar-refractivity contribution < 1.29 is 0 Å². The Balaban J connectivity index is 2.24. The molecule has 2 aromatic rings. The number of hydrogen-bond acceptors (Lipinski definition) is 8. The number of nitrogens with zero attached hydrogens (tertiary/aromatic N) is 4. The summed E-state index contributed by atoms with van der Waals surface area (Å²) in [6, 6.07) is 1.65. The smallest absolute Gasteiger partial charge is 0.223 e. The summed E-state index contributed by atoms with van der Waals surface area (Å²) in [7, 11) is 0. The van der Waals surface area contributed by atoms with Crippen LogP contribution < -0.4 is 11.5 Å². The Hall–Kier alpha value is -1.41. The van der Waals surface area contributed by atoms with Gasteiger partial charge in [-0.15, -0.1) is 10.2 Å². The summed E-state index contributed by atoms with van der Waals surface area (Å²) in [6.45, 7) is 1.89. The van der Waals surface area contributed by atoms with Crippen molar-refractivity contribution in [2.45, 2.75) is 16.3 Å². The monoisotopic (exact) mass is 240 g/mol. The van der Waals surface area contributed by atoms with Gasteiger partial charge in [0.2, 0.25) is 5.95 Å². The second-order valence-corrected chi connectivity index (χ2v) is 5.13. The molecule has 0 aliphatic rings. The molecule has 15 heavy (non-hydrogen) atoms. The van der Waals surface area contributed by atoms with Crippen molar-refractivity contribution in [3.8, 4) is 0 Å². The van der Waals surface area contributed by atoms with Gasteiger partial charge >= 0.3 is 0 Å². The molecule has 0 aromatic carbocycles. The lowest BCUT2D eigenvalue weighted by atomic mass is 10.6. The maximum absolute atomic E-state index is 5.54. The van der Waals surface area contributed by atoms with E-state index < -0.39 is 0 Å². The van der Waals surface area contributed by atoms with Crippen LogP contribution in [-0.4, -0.2) is 20.2 Å². The fourth-order valence-electron chi connectivity index (χ4n) is 0.923. The first kappa shape index (κ1) is 10.1. The van der Waals surface area contributed by atoms with E-state index in [-0.39, 0.29) is 5.95 Å². The standard InChI is InChI=1S/C7H8N6S2/c1-3-12-13-7(14-3)15-5-2-4(8)10-6(9)11-5/h2H,1H3,(H4,8,9,10,11). The third kappa shape index (κ3) is 2.54. The van der Waals surface area contributed by atoms with Crippen molar-refractivity contribution in [2.75, 3.05) is 11.5 Å². The second kappa shape index (κ2) is 3.99. The number of rotatable bonds is 2. The number of aryl methyl sites for hydroxylation is 1. The molecule has 0 saturated carbocycles. The molecule has 0 bridgehead atoms. The van der Waals surface area contributed by atoms with Gasteiger partial charge < -0.3 is 11.5 Å². The van der Waals surface area contributed by atoms with Gasteiger partial charge in [-0.05, 0) is 18.7 Å². The molecule has 0 atom stereocenters. The maximum atomic E-state index is 5.54. The number of anilines is 2. The predicted molar refractivity (Wildman–Crippen MR) is 59.6 cm³/mol. The average molecular weight is 240 g/mol.